The van der Waals surface area contributed by atoms with Crippen molar-refractivity contribution in [2.45, 2.75) is 133 Å². The fraction of sp³-hybridized carbons (Fsp3) is 0.706. The number of benzene rings is 2. The molecule has 0 bridgehead atoms. The molecule has 4 rings (SSSR count). The Kier molecular flexibility index (Phi) is 14.8. The molecule has 2 fully saturated rings. The van der Waals surface area contributed by atoms with Crippen LogP contribution < -0.4 is 10.5 Å². The smallest absolute Gasteiger partial charge is 0.241 e. The number of likely N-dealkylation sites (tertiary alicyclic amines) is 2. The largest absolute Gasteiger partial charge is 0.390 e. The highest BCUT2D eigenvalue weighted by Crippen LogP contribution is 2.28. The van der Waals surface area contributed by atoms with Gasteiger partial charge in [-0.25, -0.2) is 13.1 Å². The van der Waals surface area contributed by atoms with Crippen LogP contribution in [0.25, 0.3) is 10.8 Å². The average Bonchev–Trinajstić information content (AvgIpc) is 3.03. The van der Waals surface area contributed by atoms with Crippen LogP contribution in [0.2, 0.25) is 0 Å². The fourth-order valence-electron chi connectivity index (χ4n) is 7.13. The quantitative estimate of drug-likeness (QED) is 0.253. The highest BCUT2D eigenvalue weighted by atomic mass is 32.2. The van der Waals surface area contributed by atoms with Crippen molar-refractivity contribution in [2.75, 3.05) is 26.2 Å². The van der Waals surface area contributed by atoms with Gasteiger partial charge in [-0.2, -0.15) is 0 Å². The van der Waals surface area contributed by atoms with E-state index in [1.807, 2.05) is 30.3 Å². The van der Waals surface area contributed by atoms with Gasteiger partial charge in [0.05, 0.1) is 17.1 Å². The van der Waals surface area contributed by atoms with Crippen LogP contribution in [0, 0.1) is 0 Å². The highest BCUT2D eigenvalue weighted by Gasteiger charge is 2.31. The molecule has 244 valence electrons. The van der Waals surface area contributed by atoms with Gasteiger partial charge in [0.1, 0.15) is 0 Å². The molecule has 2 aliphatic rings. The van der Waals surface area contributed by atoms with E-state index >= 15 is 0 Å². The summed E-state index contributed by atoms with van der Waals surface area (Å²) < 4.78 is 28.3. The molecule has 0 saturated carbocycles. The Morgan fingerprint density at radius 3 is 1.72 bits per heavy atom. The molecular weight excluding hydrogens is 560 g/mol. The van der Waals surface area contributed by atoms with Crippen LogP contribution >= 0.6 is 0 Å². The molecule has 0 aliphatic carbocycles. The van der Waals surface area contributed by atoms with Crippen molar-refractivity contribution < 1.29 is 18.6 Å². The number of aliphatic hydroxyl groups excluding tert-OH is 2. The molecule has 9 heteroatoms. The van der Waals surface area contributed by atoms with Gasteiger partial charge in [-0.3, -0.25) is 9.80 Å². The molecule has 0 radical (unpaired) electrons. The van der Waals surface area contributed by atoms with E-state index in [4.69, 9.17) is 5.73 Å². The molecule has 0 spiro atoms. The zero-order chi connectivity index (χ0) is 31.4. The third-order valence-electron chi connectivity index (χ3n) is 9.57. The van der Waals surface area contributed by atoms with Gasteiger partial charge in [-0.1, -0.05) is 76.9 Å². The van der Waals surface area contributed by atoms with Crippen LogP contribution in [0.15, 0.2) is 47.4 Å². The maximum Gasteiger partial charge on any atom is 0.241 e. The molecule has 2 saturated heterocycles. The number of nitrogens with zero attached hydrogens (tertiary/aromatic N) is 2. The first-order valence-electron chi connectivity index (χ1n) is 16.7. The lowest BCUT2D eigenvalue weighted by Crippen LogP contribution is -2.51. The van der Waals surface area contributed by atoms with Gasteiger partial charge >= 0.3 is 0 Å². The SMILES string of the molecule is CC[C@@H]1CCC[C@H](CC)N1C[C@@H](O)CN.CC[C@@H]1CCC[C@H](CC)N1C[C@@H](O)CNS(=O)(=O)c1cccc2ccccc12. The van der Waals surface area contributed by atoms with E-state index in [9.17, 15) is 18.6 Å². The first-order valence-corrected chi connectivity index (χ1v) is 18.2. The normalized spacial score (nSPS) is 25.2. The number of hydrogen-bond donors (Lipinski definition) is 4. The van der Waals surface area contributed by atoms with Gasteiger partial charge in [-0.05, 0) is 62.8 Å². The number of piperidine rings is 2. The molecular formula is C34H58N4O4S. The van der Waals surface area contributed by atoms with Crippen LogP contribution in [0.4, 0.5) is 0 Å². The van der Waals surface area contributed by atoms with Crippen molar-refractivity contribution in [3.63, 3.8) is 0 Å². The van der Waals surface area contributed by atoms with E-state index in [0.29, 0.717) is 42.6 Å². The van der Waals surface area contributed by atoms with Crippen LogP contribution in [0.5, 0.6) is 0 Å². The summed E-state index contributed by atoms with van der Waals surface area (Å²) in [5.74, 6) is 0. The Morgan fingerprint density at radius 1 is 0.767 bits per heavy atom. The van der Waals surface area contributed by atoms with Crippen LogP contribution in [-0.4, -0.2) is 91.0 Å². The van der Waals surface area contributed by atoms with Crippen molar-refractivity contribution in [3.8, 4) is 0 Å². The Hall–Kier alpha value is -1.59. The zero-order valence-corrected chi connectivity index (χ0v) is 27.8. The predicted octanol–water partition coefficient (Wildman–Crippen LogP) is 4.87. The van der Waals surface area contributed by atoms with E-state index in [0.717, 1.165) is 37.6 Å². The van der Waals surface area contributed by atoms with Crippen molar-refractivity contribution in [3.05, 3.63) is 42.5 Å². The number of sulfonamides is 1. The minimum Gasteiger partial charge on any atom is -0.390 e. The maximum absolute atomic E-state index is 12.8. The number of nitrogens with one attached hydrogen (secondary N) is 1. The van der Waals surface area contributed by atoms with E-state index in [2.05, 4.69) is 42.2 Å². The van der Waals surface area contributed by atoms with Gasteiger partial charge in [0.15, 0.2) is 0 Å². The molecule has 2 heterocycles. The van der Waals surface area contributed by atoms with E-state index in [1.165, 1.54) is 38.5 Å². The summed E-state index contributed by atoms with van der Waals surface area (Å²) in [6.07, 6.45) is 10.9. The summed E-state index contributed by atoms with van der Waals surface area (Å²) in [6.45, 7) is 10.5. The lowest BCUT2D eigenvalue weighted by molar-refractivity contribution is 0.0279. The first-order chi connectivity index (χ1) is 20.7. The lowest BCUT2D eigenvalue weighted by Gasteiger charge is -2.42. The van der Waals surface area contributed by atoms with E-state index in [1.54, 1.807) is 12.1 Å². The van der Waals surface area contributed by atoms with Crippen molar-refractivity contribution in [1.82, 2.24) is 14.5 Å². The van der Waals surface area contributed by atoms with Crippen molar-refractivity contribution in [2.24, 2.45) is 5.73 Å². The molecule has 0 unspecified atom stereocenters. The fourth-order valence-corrected chi connectivity index (χ4v) is 8.43. The van der Waals surface area contributed by atoms with E-state index in [-0.39, 0.29) is 17.5 Å². The highest BCUT2D eigenvalue weighted by molar-refractivity contribution is 7.89. The molecule has 8 nitrogen and oxygen atoms in total. The molecule has 5 N–H and O–H groups in total. The molecule has 0 amide bonds. The lowest BCUT2D eigenvalue weighted by atomic mass is 9.92. The standard InChI is InChI=1S/C22H32N2O3S.C12H26N2O/c1-3-18-11-8-12-19(4-2)24(18)16-20(25)15-23-28(26,27)22-14-7-10-17-9-5-6-13-21(17)22;1-3-10-6-5-7-11(4-2)14(10)9-12(15)8-13/h5-7,9-10,13-14,18-20,23,25H,3-4,8,11-12,15-16H2,1-2H3;10-12,15H,3-9,13H2,1-2H3/t18-,19+,20-;10-,11+,12-/m00/s1. The summed E-state index contributed by atoms with van der Waals surface area (Å²) >= 11 is 0. The van der Waals surface area contributed by atoms with Crippen LogP contribution in [-0.2, 0) is 10.0 Å². The molecule has 0 aromatic heterocycles. The number of β-amino-alcohol motifs (C(OH)–C–C–N with tert-alkyl or cyclic N) is 2. The summed E-state index contributed by atoms with van der Waals surface area (Å²) in [5.41, 5.74) is 5.49. The Morgan fingerprint density at radius 2 is 1.23 bits per heavy atom. The Labute approximate surface area is 261 Å². The van der Waals surface area contributed by atoms with Crippen LogP contribution in [0.1, 0.15) is 91.9 Å². The van der Waals surface area contributed by atoms with Gasteiger partial charge in [-0.15, -0.1) is 0 Å². The van der Waals surface area contributed by atoms with Crippen LogP contribution in [0.3, 0.4) is 0 Å². The number of hydrogen-bond acceptors (Lipinski definition) is 7. The minimum atomic E-state index is -3.69. The van der Waals surface area contributed by atoms with Gasteiger partial charge in [0, 0.05) is 55.7 Å². The van der Waals surface area contributed by atoms with Gasteiger partial charge in [0.25, 0.3) is 0 Å². The first kappa shape index (κ1) is 35.9. The Bertz CT molecular complexity index is 1170. The summed E-state index contributed by atoms with van der Waals surface area (Å²) in [5, 5.41) is 21.8. The molecule has 2 aromatic carbocycles. The topological polar surface area (TPSA) is 119 Å². The second kappa shape index (κ2) is 17.8. The minimum absolute atomic E-state index is 0.0227. The van der Waals surface area contributed by atoms with Crippen molar-refractivity contribution in [1.29, 1.82) is 0 Å². The second-order valence-corrected chi connectivity index (χ2v) is 14.1. The summed E-state index contributed by atoms with van der Waals surface area (Å²) in [6, 6.07) is 15.0. The average molecular weight is 619 g/mol. The third-order valence-corrected chi connectivity index (χ3v) is 11.1. The monoisotopic (exact) mass is 618 g/mol. The summed E-state index contributed by atoms with van der Waals surface area (Å²) in [4.78, 5) is 5.13. The zero-order valence-electron chi connectivity index (χ0n) is 27.0. The second-order valence-electron chi connectivity index (χ2n) is 12.4. The van der Waals surface area contributed by atoms with Gasteiger partial charge < -0.3 is 15.9 Å². The molecule has 6 atom stereocenters. The summed E-state index contributed by atoms with van der Waals surface area (Å²) in [7, 11) is -3.69. The number of fused-ring (bicyclic) bond motifs is 1. The predicted molar refractivity (Wildman–Crippen MR) is 178 cm³/mol. The third kappa shape index (κ3) is 9.95. The number of rotatable bonds is 13. The van der Waals surface area contributed by atoms with Gasteiger partial charge in [0.2, 0.25) is 10.0 Å². The van der Waals surface area contributed by atoms with Crippen molar-refractivity contribution >= 4 is 20.8 Å². The molecule has 43 heavy (non-hydrogen) atoms. The number of nitrogens with two attached hydrogens (primary N) is 1. The van der Waals surface area contributed by atoms with E-state index < -0.39 is 16.1 Å². The molecule has 2 aromatic rings. The number of aliphatic hydroxyl groups is 2. The Balaban J connectivity index is 0.000000285. The molecule has 2 aliphatic heterocycles. The maximum atomic E-state index is 12.8.